The molecule has 0 spiro atoms. The quantitative estimate of drug-likeness (QED) is 0.849. The van der Waals surface area contributed by atoms with Gasteiger partial charge in [0.1, 0.15) is 10.0 Å². The number of thiophene rings is 1. The highest BCUT2D eigenvalue weighted by molar-refractivity contribution is 7.94. The van der Waals surface area contributed by atoms with Crippen LogP contribution in [0.1, 0.15) is 19.8 Å². The minimum atomic E-state index is -3.52. The van der Waals surface area contributed by atoms with Gasteiger partial charge in [-0.3, -0.25) is 4.72 Å². The smallest absolute Gasteiger partial charge is 0.272 e. The van der Waals surface area contributed by atoms with Gasteiger partial charge >= 0.3 is 0 Å². The first-order valence-electron chi connectivity index (χ1n) is 6.76. The number of hydrogen-bond donors (Lipinski definition) is 1. The van der Waals surface area contributed by atoms with E-state index < -0.39 is 10.0 Å². The van der Waals surface area contributed by atoms with Crippen molar-refractivity contribution in [1.29, 1.82) is 0 Å². The molecule has 0 aliphatic heterocycles. The normalized spacial score (nSPS) is 11.3. The maximum Gasteiger partial charge on any atom is 0.272 e. The van der Waals surface area contributed by atoms with Crippen molar-refractivity contribution in [3.05, 3.63) is 35.8 Å². The first-order valence-corrected chi connectivity index (χ1v) is 9.12. The third-order valence-electron chi connectivity index (χ3n) is 3.03. The Labute approximate surface area is 129 Å². The van der Waals surface area contributed by atoms with Crippen molar-refractivity contribution in [1.82, 2.24) is 4.98 Å². The topological polar surface area (TPSA) is 62.3 Å². The number of nitrogens with one attached hydrogen (secondary N) is 1. The number of aromatic nitrogens is 1. The average Bonchev–Trinajstić information content (AvgIpc) is 3.00. The summed E-state index contributed by atoms with van der Waals surface area (Å²) < 4.78 is 26.9. The van der Waals surface area contributed by atoms with E-state index in [0.29, 0.717) is 5.82 Å². The maximum atomic E-state index is 12.1. The van der Waals surface area contributed by atoms with Crippen molar-refractivity contribution < 1.29 is 8.42 Å². The van der Waals surface area contributed by atoms with Gasteiger partial charge in [-0.25, -0.2) is 13.4 Å². The van der Waals surface area contributed by atoms with Crippen LogP contribution in [-0.4, -0.2) is 27.0 Å². The van der Waals surface area contributed by atoms with Crippen LogP contribution in [0, 0.1) is 0 Å². The molecule has 5 nitrogen and oxygen atoms in total. The molecular formula is C14H19N3O2S2. The molecule has 1 N–H and O–H groups in total. The molecular weight excluding hydrogens is 306 g/mol. The van der Waals surface area contributed by atoms with Crippen LogP contribution in [0.5, 0.6) is 0 Å². The molecule has 0 bridgehead atoms. The highest BCUT2D eigenvalue weighted by Gasteiger charge is 2.15. The van der Waals surface area contributed by atoms with Crippen molar-refractivity contribution in [2.45, 2.75) is 24.0 Å². The SMILES string of the molecule is CCCCN(C)c1ccc(NS(=O)(=O)c2cccs2)nc1. The molecule has 2 heterocycles. The van der Waals surface area contributed by atoms with E-state index in [9.17, 15) is 8.42 Å². The van der Waals surface area contributed by atoms with Gasteiger partial charge < -0.3 is 4.90 Å². The van der Waals surface area contributed by atoms with Crippen molar-refractivity contribution in [3.63, 3.8) is 0 Å². The van der Waals surface area contributed by atoms with Crippen LogP contribution in [-0.2, 0) is 10.0 Å². The second-order valence-electron chi connectivity index (χ2n) is 4.71. The zero-order valence-corrected chi connectivity index (χ0v) is 13.7. The molecule has 0 fully saturated rings. The Morgan fingerprint density at radius 1 is 1.33 bits per heavy atom. The summed E-state index contributed by atoms with van der Waals surface area (Å²) in [7, 11) is -1.52. The Morgan fingerprint density at radius 2 is 2.14 bits per heavy atom. The summed E-state index contributed by atoms with van der Waals surface area (Å²) in [5.74, 6) is 0.330. The molecule has 0 saturated carbocycles. The summed E-state index contributed by atoms with van der Waals surface area (Å²) in [6.45, 7) is 3.10. The summed E-state index contributed by atoms with van der Waals surface area (Å²) in [4.78, 5) is 6.28. The van der Waals surface area contributed by atoms with E-state index in [1.165, 1.54) is 11.3 Å². The molecule has 0 radical (unpaired) electrons. The summed E-state index contributed by atoms with van der Waals surface area (Å²) in [6.07, 6.45) is 3.93. The van der Waals surface area contributed by atoms with Gasteiger partial charge in [-0.2, -0.15) is 0 Å². The van der Waals surface area contributed by atoms with Gasteiger partial charge in [-0.15, -0.1) is 11.3 Å². The van der Waals surface area contributed by atoms with Crippen LogP contribution in [0.4, 0.5) is 11.5 Å². The molecule has 0 amide bonds. The van der Waals surface area contributed by atoms with E-state index >= 15 is 0 Å². The van der Waals surface area contributed by atoms with Gasteiger partial charge in [0.05, 0.1) is 11.9 Å². The lowest BCUT2D eigenvalue weighted by molar-refractivity contribution is 0.603. The molecule has 7 heteroatoms. The Bertz CT molecular complexity index is 652. The minimum absolute atomic E-state index is 0.286. The summed E-state index contributed by atoms with van der Waals surface area (Å²) in [6, 6.07) is 6.83. The lowest BCUT2D eigenvalue weighted by Crippen LogP contribution is -2.18. The van der Waals surface area contributed by atoms with Gasteiger partial charge in [-0.1, -0.05) is 19.4 Å². The summed E-state index contributed by atoms with van der Waals surface area (Å²) in [5, 5.41) is 1.73. The minimum Gasteiger partial charge on any atom is -0.373 e. The molecule has 0 saturated heterocycles. The number of nitrogens with zero attached hydrogens (tertiary/aromatic N) is 2. The van der Waals surface area contributed by atoms with Crippen LogP contribution in [0.15, 0.2) is 40.1 Å². The predicted molar refractivity (Wildman–Crippen MR) is 87.5 cm³/mol. The van der Waals surface area contributed by atoms with E-state index in [1.54, 1.807) is 29.8 Å². The van der Waals surface area contributed by atoms with E-state index in [0.717, 1.165) is 25.1 Å². The molecule has 0 aliphatic rings. The van der Waals surface area contributed by atoms with Gasteiger partial charge in [0.25, 0.3) is 10.0 Å². The highest BCUT2D eigenvalue weighted by atomic mass is 32.2. The number of sulfonamides is 1. The van der Waals surface area contributed by atoms with Crippen molar-refractivity contribution in [2.24, 2.45) is 0 Å². The van der Waals surface area contributed by atoms with Gasteiger partial charge in [0, 0.05) is 13.6 Å². The molecule has 0 unspecified atom stereocenters. The van der Waals surface area contributed by atoms with Crippen molar-refractivity contribution in [3.8, 4) is 0 Å². The fraction of sp³-hybridized carbons (Fsp3) is 0.357. The number of pyridine rings is 1. The number of unbranched alkanes of at least 4 members (excludes halogenated alkanes) is 1. The Hall–Kier alpha value is -1.60. The number of anilines is 2. The maximum absolute atomic E-state index is 12.1. The van der Waals surface area contributed by atoms with Crippen LogP contribution in [0.2, 0.25) is 0 Å². The van der Waals surface area contributed by atoms with Crippen LogP contribution in [0.3, 0.4) is 0 Å². The third kappa shape index (κ3) is 4.18. The lowest BCUT2D eigenvalue weighted by Gasteiger charge is -2.18. The molecule has 2 aromatic heterocycles. The van der Waals surface area contributed by atoms with E-state index in [2.05, 4.69) is 21.5 Å². The van der Waals surface area contributed by atoms with Crippen LogP contribution >= 0.6 is 11.3 Å². The Morgan fingerprint density at radius 3 is 2.71 bits per heavy atom. The zero-order valence-electron chi connectivity index (χ0n) is 12.1. The second-order valence-corrected chi connectivity index (χ2v) is 7.57. The van der Waals surface area contributed by atoms with E-state index in [1.807, 2.05) is 13.1 Å². The van der Waals surface area contributed by atoms with Crippen molar-refractivity contribution in [2.75, 3.05) is 23.2 Å². The fourth-order valence-electron chi connectivity index (χ4n) is 1.80. The van der Waals surface area contributed by atoms with Crippen LogP contribution in [0.25, 0.3) is 0 Å². The summed E-state index contributed by atoms with van der Waals surface area (Å²) >= 11 is 1.18. The molecule has 0 atom stereocenters. The molecule has 0 aromatic carbocycles. The lowest BCUT2D eigenvalue weighted by atomic mass is 10.3. The molecule has 2 rings (SSSR count). The van der Waals surface area contributed by atoms with Gasteiger partial charge in [0.15, 0.2) is 0 Å². The number of hydrogen-bond acceptors (Lipinski definition) is 5. The Balaban J connectivity index is 2.06. The van der Waals surface area contributed by atoms with Crippen LogP contribution < -0.4 is 9.62 Å². The Kier molecular flexibility index (Phi) is 5.19. The molecule has 114 valence electrons. The van der Waals surface area contributed by atoms with Gasteiger partial charge in [0.2, 0.25) is 0 Å². The van der Waals surface area contributed by atoms with Gasteiger partial charge in [-0.05, 0) is 30.0 Å². The molecule has 0 aliphatic carbocycles. The van der Waals surface area contributed by atoms with E-state index in [4.69, 9.17) is 0 Å². The largest absolute Gasteiger partial charge is 0.373 e. The first-order chi connectivity index (χ1) is 10.0. The molecule has 21 heavy (non-hydrogen) atoms. The molecule has 2 aromatic rings. The van der Waals surface area contributed by atoms with Crippen molar-refractivity contribution >= 4 is 32.9 Å². The number of rotatable bonds is 7. The highest BCUT2D eigenvalue weighted by Crippen LogP contribution is 2.20. The first kappa shape index (κ1) is 15.8. The predicted octanol–water partition coefficient (Wildman–Crippen LogP) is 3.18. The fourth-order valence-corrected chi connectivity index (χ4v) is 3.80. The summed E-state index contributed by atoms with van der Waals surface area (Å²) in [5.41, 5.74) is 0.975. The third-order valence-corrected chi connectivity index (χ3v) is 5.79. The standard InChI is InChI=1S/C14H19N3O2S2/c1-3-4-9-17(2)12-7-8-13(15-11-12)16-21(18,19)14-6-5-10-20-14/h5-8,10-11H,3-4,9H2,1-2H3,(H,15,16). The average molecular weight is 325 g/mol. The van der Waals surface area contributed by atoms with E-state index in [-0.39, 0.29) is 4.21 Å². The monoisotopic (exact) mass is 325 g/mol. The second kappa shape index (κ2) is 6.91. The zero-order chi connectivity index (χ0) is 15.3.